The van der Waals surface area contributed by atoms with Gasteiger partial charge in [0.1, 0.15) is 6.29 Å². The normalized spacial score (nSPS) is 13.7. The number of unbranched alkanes of at least 4 members (excludes halogenated alkanes) is 1. The molecule has 0 bridgehead atoms. The molecule has 0 saturated carbocycles. The highest BCUT2D eigenvalue weighted by Gasteiger charge is 2.08. The van der Waals surface area contributed by atoms with Crippen molar-refractivity contribution in [2.24, 2.45) is 5.84 Å². The maximum Gasteiger partial charge on any atom is 0.137 e. The van der Waals surface area contributed by atoms with Crippen molar-refractivity contribution in [2.75, 3.05) is 27.7 Å². The fourth-order valence-corrected chi connectivity index (χ4v) is 1.16. The molecule has 0 aliphatic rings. The van der Waals surface area contributed by atoms with E-state index in [1.54, 1.807) is 5.01 Å². The third-order valence-electron chi connectivity index (χ3n) is 2.08. The van der Waals surface area contributed by atoms with Gasteiger partial charge in [-0.25, -0.2) is 0 Å². The Morgan fingerprint density at radius 2 is 1.92 bits per heavy atom. The van der Waals surface area contributed by atoms with Crippen LogP contribution in [0.3, 0.4) is 0 Å². The predicted octanol–water partition coefficient (Wildman–Crippen LogP) is 0.0913. The van der Waals surface area contributed by atoms with Crippen molar-refractivity contribution in [3.8, 4) is 0 Å². The standard InChI is InChI=1S/C9H21N3O/c1-11(2)9(8-13)6-4-5-7-12(3)10/h8-9H,4-7,10H2,1-3H3. The van der Waals surface area contributed by atoms with Crippen LogP contribution in [0.5, 0.6) is 0 Å². The summed E-state index contributed by atoms with van der Waals surface area (Å²) in [7, 11) is 5.70. The van der Waals surface area contributed by atoms with Crippen LogP contribution >= 0.6 is 0 Å². The number of hydrogen-bond donors (Lipinski definition) is 1. The number of hydrazine groups is 1. The summed E-state index contributed by atoms with van der Waals surface area (Å²) >= 11 is 0. The van der Waals surface area contributed by atoms with E-state index in [0.717, 1.165) is 32.1 Å². The zero-order chi connectivity index (χ0) is 10.3. The van der Waals surface area contributed by atoms with Gasteiger partial charge in [-0.3, -0.25) is 10.9 Å². The molecule has 0 aromatic rings. The molecule has 0 amide bonds. The van der Waals surface area contributed by atoms with Crippen molar-refractivity contribution >= 4 is 6.29 Å². The number of nitrogens with zero attached hydrogens (tertiary/aromatic N) is 2. The highest BCUT2D eigenvalue weighted by Crippen LogP contribution is 2.03. The third-order valence-corrected chi connectivity index (χ3v) is 2.08. The minimum atomic E-state index is 0.0584. The average molecular weight is 187 g/mol. The Morgan fingerprint density at radius 3 is 2.31 bits per heavy atom. The molecule has 78 valence electrons. The van der Waals surface area contributed by atoms with Gasteiger partial charge in [0.25, 0.3) is 0 Å². The molecule has 4 nitrogen and oxygen atoms in total. The number of likely N-dealkylation sites (N-methyl/N-ethyl adjacent to an activating group) is 1. The SMILES string of the molecule is CN(N)CCCCC(C=O)N(C)C. The largest absolute Gasteiger partial charge is 0.302 e. The first-order chi connectivity index (χ1) is 6.07. The fourth-order valence-electron chi connectivity index (χ4n) is 1.16. The van der Waals surface area contributed by atoms with E-state index in [2.05, 4.69) is 0 Å². The number of carbonyl (C=O) groups excluding carboxylic acids is 1. The van der Waals surface area contributed by atoms with Crippen molar-refractivity contribution in [3.05, 3.63) is 0 Å². The van der Waals surface area contributed by atoms with Crippen LogP contribution in [0.15, 0.2) is 0 Å². The topological polar surface area (TPSA) is 49.6 Å². The van der Waals surface area contributed by atoms with E-state index < -0.39 is 0 Å². The highest BCUT2D eigenvalue weighted by molar-refractivity contribution is 5.57. The third kappa shape index (κ3) is 6.69. The highest BCUT2D eigenvalue weighted by atomic mass is 16.1. The second-order valence-corrected chi connectivity index (χ2v) is 3.64. The zero-order valence-electron chi connectivity index (χ0n) is 8.86. The van der Waals surface area contributed by atoms with Crippen LogP contribution in [-0.2, 0) is 4.79 Å². The summed E-state index contributed by atoms with van der Waals surface area (Å²) in [4.78, 5) is 12.5. The molecule has 0 rings (SSSR count). The van der Waals surface area contributed by atoms with Crippen LogP contribution in [0, 0.1) is 0 Å². The predicted molar refractivity (Wildman–Crippen MR) is 54.2 cm³/mol. The molecule has 0 fully saturated rings. The monoisotopic (exact) mass is 187 g/mol. The van der Waals surface area contributed by atoms with E-state index in [9.17, 15) is 4.79 Å². The molecule has 0 spiro atoms. The summed E-state index contributed by atoms with van der Waals surface area (Å²) in [5.74, 6) is 5.45. The zero-order valence-corrected chi connectivity index (χ0v) is 8.86. The second kappa shape index (κ2) is 7.00. The number of hydrogen-bond acceptors (Lipinski definition) is 4. The summed E-state index contributed by atoms with van der Waals surface area (Å²) in [6, 6.07) is 0.0584. The quantitative estimate of drug-likeness (QED) is 0.266. The molecule has 4 heteroatoms. The minimum absolute atomic E-state index is 0.0584. The molecule has 0 aromatic carbocycles. The van der Waals surface area contributed by atoms with Crippen molar-refractivity contribution in [1.82, 2.24) is 9.91 Å². The van der Waals surface area contributed by atoms with Crippen molar-refractivity contribution in [2.45, 2.75) is 25.3 Å². The smallest absolute Gasteiger partial charge is 0.137 e. The van der Waals surface area contributed by atoms with Gasteiger partial charge in [-0.15, -0.1) is 0 Å². The lowest BCUT2D eigenvalue weighted by Gasteiger charge is -2.18. The van der Waals surface area contributed by atoms with Crippen molar-refractivity contribution < 1.29 is 4.79 Å². The number of carbonyl (C=O) groups is 1. The Balaban J connectivity index is 3.44. The van der Waals surface area contributed by atoms with Gasteiger partial charge in [-0.05, 0) is 26.9 Å². The Bertz CT molecular complexity index is 137. The van der Waals surface area contributed by atoms with Crippen LogP contribution < -0.4 is 5.84 Å². The van der Waals surface area contributed by atoms with E-state index in [1.807, 2.05) is 26.0 Å². The Hall–Kier alpha value is -0.450. The molecule has 0 aromatic heterocycles. The maximum atomic E-state index is 10.6. The van der Waals surface area contributed by atoms with E-state index in [0.29, 0.717) is 0 Å². The molecular weight excluding hydrogens is 166 g/mol. The molecule has 1 unspecified atom stereocenters. The summed E-state index contributed by atoms with van der Waals surface area (Å²) in [5.41, 5.74) is 0. The van der Waals surface area contributed by atoms with Crippen molar-refractivity contribution in [3.63, 3.8) is 0 Å². The first kappa shape index (κ1) is 12.6. The molecule has 0 saturated heterocycles. The molecule has 2 N–H and O–H groups in total. The molecule has 0 aliphatic carbocycles. The first-order valence-electron chi connectivity index (χ1n) is 4.65. The summed E-state index contributed by atoms with van der Waals surface area (Å²) < 4.78 is 0. The second-order valence-electron chi connectivity index (χ2n) is 3.64. The van der Waals surface area contributed by atoms with Crippen LogP contribution in [0.25, 0.3) is 0 Å². The van der Waals surface area contributed by atoms with Gasteiger partial charge in [-0.1, -0.05) is 6.42 Å². The van der Waals surface area contributed by atoms with E-state index in [4.69, 9.17) is 5.84 Å². The van der Waals surface area contributed by atoms with Crippen LogP contribution in [0.4, 0.5) is 0 Å². The lowest BCUT2D eigenvalue weighted by atomic mass is 10.1. The van der Waals surface area contributed by atoms with Crippen LogP contribution in [0.1, 0.15) is 19.3 Å². The minimum Gasteiger partial charge on any atom is -0.302 e. The maximum absolute atomic E-state index is 10.6. The molecular formula is C9H21N3O. The fraction of sp³-hybridized carbons (Fsp3) is 0.889. The molecule has 13 heavy (non-hydrogen) atoms. The van der Waals surface area contributed by atoms with Crippen LogP contribution in [0.2, 0.25) is 0 Å². The van der Waals surface area contributed by atoms with E-state index >= 15 is 0 Å². The number of nitrogens with two attached hydrogens (primary N) is 1. The van der Waals surface area contributed by atoms with Gasteiger partial charge in [-0.2, -0.15) is 0 Å². The molecule has 0 heterocycles. The van der Waals surface area contributed by atoms with E-state index in [-0.39, 0.29) is 6.04 Å². The summed E-state index contributed by atoms with van der Waals surface area (Å²) in [6.07, 6.45) is 4.02. The Morgan fingerprint density at radius 1 is 1.31 bits per heavy atom. The summed E-state index contributed by atoms with van der Waals surface area (Å²) in [6.45, 7) is 0.888. The number of rotatable bonds is 7. The van der Waals surface area contributed by atoms with Gasteiger partial charge in [0, 0.05) is 13.6 Å². The first-order valence-corrected chi connectivity index (χ1v) is 4.65. The molecule has 1 atom stereocenters. The lowest BCUT2D eigenvalue weighted by Crippen LogP contribution is -2.30. The van der Waals surface area contributed by atoms with Gasteiger partial charge in [0.15, 0.2) is 0 Å². The molecule has 0 aliphatic heterocycles. The van der Waals surface area contributed by atoms with Gasteiger partial charge in [0.2, 0.25) is 0 Å². The van der Waals surface area contributed by atoms with Crippen LogP contribution in [-0.4, -0.2) is 49.9 Å². The molecule has 0 radical (unpaired) electrons. The van der Waals surface area contributed by atoms with Gasteiger partial charge >= 0.3 is 0 Å². The lowest BCUT2D eigenvalue weighted by molar-refractivity contribution is -0.111. The van der Waals surface area contributed by atoms with Crippen molar-refractivity contribution in [1.29, 1.82) is 0 Å². The van der Waals surface area contributed by atoms with Gasteiger partial charge < -0.3 is 9.69 Å². The Labute approximate surface area is 80.7 Å². The number of aldehydes is 1. The summed E-state index contributed by atoms with van der Waals surface area (Å²) in [5, 5.41) is 1.67. The van der Waals surface area contributed by atoms with E-state index in [1.165, 1.54) is 0 Å². The average Bonchev–Trinajstić information content (AvgIpc) is 2.03. The van der Waals surface area contributed by atoms with Gasteiger partial charge in [0.05, 0.1) is 6.04 Å². The Kier molecular flexibility index (Phi) is 6.76.